The molecule has 0 saturated carbocycles. The van der Waals surface area contributed by atoms with Gasteiger partial charge >= 0.3 is 0 Å². The third-order valence-electron chi connectivity index (χ3n) is 4.08. The summed E-state index contributed by atoms with van der Waals surface area (Å²) in [5, 5.41) is 5.28. The van der Waals surface area contributed by atoms with Crippen LogP contribution in [-0.4, -0.2) is 39.7 Å². The van der Waals surface area contributed by atoms with E-state index in [0.717, 1.165) is 42.9 Å². The van der Waals surface area contributed by atoms with Crippen molar-refractivity contribution in [1.82, 2.24) is 20.0 Å². The third-order valence-corrected chi connectivity index (χ3v) is 4.08. The molecule has 0 aliphatic carbocycles. The lowest BCUT2D eigenvalue weighted by molar-refractivity contribution is -0.122. The number of benzene rings is 1. The molecule has 1 unspecified atom stereocenters. The first kappa shape index (κ1) is 16.2. The van der Waals surface area contributed by atoms with Crippen LogP contribution in [-0.2, 0) is 17.9 Å². The number of likely N-dealkylation sites (tertiary alicyclic amines) is 1. The Kier molecular flexibility index (Phi) is 4.90. The SMILES string of the molecule is O=C(Cn1[nH]c(=O)ccc1=O)NC1CCN(Cc2ccccc2)C1. The zero-order valence-corrected chi connectivity index (χ0v) is 13.3. The van der Waals surface area contributed by atoms with Crippen molar-refractivity contribution < 1.29 is 4.79 Å². The average Bonchev–Trinajstić information content (AvgIpc) is 2.98. The van der Waals surface area contributed by atoms with Gasteiger partial charge in [-0.25, -0.2) is 4.68 Å². The van der Waals surface area contributed by atoms with E-state index in [-0.39, 0.29) is 18.5 Å². The van der Waals surface area contributed by atoms with Crippen LogP contribution in [0, 0.1) is 0 Å². The topological polar surface area (TPSA) is 87.2 Å². The molecule has 1 amide bonds. The Bertz CT molecular complexity index is 812. The molecule has 2 N–H and O–H groups in total. The Labute approximate surface area is 138 Å². The lowest BCUT2D eigenvalue weighted by Gasteiger charge is -2.17. The summed E-state index contributed by atoms with van der Waals surface area (Å²) in [7, 11) is 0. The molecular formula is C17H20N4O3. The van der Waals surface area contributed by atoms with E-state index >= 15 is 0 Å². The van der Waals surface area contributed by atoms with Gasteiger partial charge in [0.25, 0.3) is 11.1 Å². The van der Waals surface area contributed by atoms with Crippen LogP contribution in [0.1, 0.15) is 12.0 Å². The van der Waals surface area contributed by atoms with Crippen molar-refractivity contribution >= 4 is 5.91 Å². The van der Waals surface area contributed by atoms with E-state index in [0.29, 0.717) is 0 Å². The van der Waals surface area contributed by atoms with Crippen molar-refractivity contribution in [2.24, 2.45) is 0 Å². The number of H-pyrrole nitrogens is 1. The van der Waals surface area contributed by atoms with Gasteiger partial charge in [0.05, 0.1) is 0 Å². The number of carbonyl (C=O) groups excluding carboxylic acids is 1. The molecule has 126 valence electrons. The molecule has 1 fully saturated rings. The molecule has 3 rings (SSSR count). The highest BCUT2D eigenvalue weighted by atomic mass is 16.2. The van der Waals surface area contributed by atoms with Crippen LogP contribution in [0.2, 0.25) is 0 Å². The van der Waals surface area contributed by atoms with Crippen molar-refractivity contribution in [1.29, 1.82) is 0 Å². The molecule has 1 atom stereocenters. The van der Waals surface area contributed by atoms with Gasteiger partial charge in [0, 0.05) is 37.8 Å². The van der Waals surface area contributed by atoms with Gasteiger partial charge in [-0.05, 0) is 12.0 Å². The van der Waals surface area contributed by atoms with Crippen LogP contribution < -0.4 is 16.4 Å². The minimum Gasteiger partial charge on any atom is -0.350 e. The zero-order chi connectivity index (χ0) is 16.9. The highest BCUT2D eigenvalue weighted by Crippen LogP contribution is 2.13. The van der Waals surface area contributed by atoms with Crippen LogP contribution in [0.25, 0.3) is 0 Å². The van der Waals surface area contributed by atoms with Crippen molar-refractivity contribution in [3.63, 3.8) is 0 Å². The van der Waals surface area contributed by atoms with Gasteiger partial charge in [-0.1, -0.05) is 30.3 Å². The fourth-order valence-corrected chi connectivity index (χ4v) is 2.93. The molecule has 1 aliphatic rings. The molecule has 7 heteroatoms. The Morgan fingerprint density at radius 2 is 1.96 bits per heavy atom. The lowest BCUT2D eigenvalue weighted by Crippen LogP contribution is -2.41. The summed E-state index contributed by atoms with van der Waals surface area (Å²) in [4.78, 5) is 37.2. The summed E-state index contributed by atoms with van der Waals surface area (Å²) in [6.45, 7) is 2.38. The molecular weight excluding hydrogens is 308 g/mol. The highest BCUT2D eigenvalue weighted by molar-refractivity contribution is 5.76. The number of hydrogen-bond donors (Lipinski definition) is 2. The van der Waals surface area contributed by atoms with Crippen LogP contribution in [0.5, 0.6) is 0 Å². The van der Waals surface area contributed by atoms with Crippen molar-refractivity contribution in [3.05, 3.63) is 68.7 Å². The van der Waals surface area contributed by atoms with Gasteiger partial charge < -0.3 is 5.32 Å². The molecule has 7 nitrogen and oxygen atoms in total. The number of rotatable bonds is 5. The predicted molar refractivity (Wildman–Crippen MR) is 89.6 cm³/mol. The molecule has 0 spiro atoms. The maximum atomic E-state index is 12.1. The highest BCUT2D eigenvalue weighted by Gasteiger charge is 2.23. The summed E-state index contributed by atoms with van der Waals surface area (Å²) >= 11 is 0. The number of carbonyl (C=O) groups is 1. The number of hydrogen-bond acceptors (Lipinski definition) is 4. The zero-order valence-electron chi connectivity index (χ0n) is 13.3. The van der Waals surface area contributed by atoms with Crippen LogP contribution >= 0.6 is 0 Å². The molecule has 1 aromatic carbocycles. The summed E-state index contributed by atoms with van der Waals surface area (Å²) in [5.41, 5.74) is 0.442. The fourth-order valence-electron chi connectivity index (χ4n) is 2.93. The Balaban J connectivity index is 1.52. The minimum atomic E-state index is -0.405. The quantitative estimate of drug-likeness (QED) is 0.804. The average molecular weight is 328 g/mol. The molecule has 2 heterocycles. The van der Waals surface area contributed by atoms with E-state index in [2.05, 4.69) is 27.4 Å². The smallest absolute Gasteiger partial charge is 0.265 e. The second-order valence-corrected chi connectivity index (χ2v) is 6.01. The Morgan fingerprint density at radius 1 is 1.17 bits per heavy atom. The molecule has 1 aliphatic heterocycles. The number of amides is 1. The Morgan fingerprint density at radius 3 is 2.75 bits per heavy atom. The van der Waals surface area contributed by atoms with Gasteiger partial charge in [-0.15, -0.1) is 0 Å². The van der Waals surface area contributed by atoms with E-state index in [1.807, 2.05) is 18.2 Å². The normalized spacial score (nSPS) is 17.8. The van der Waals surface area contributed by atoms with Gasteiger partial charge in [0.2, 0.25) is 5.91 Å². The maximum absolute atomic E-state index is 12.1. The molecule has 1 aromatic heterocycles. The van der Waals surface area contributed by atoms with Gasteiger partial charge in [-0.3, -0.25) is 24.4 Å². The second-order valence-electron chi connectivity index (χ2n) is 6.01. The van der Waals surface area contributed by atoms with Gasteiger partial charge in [0.1, 0.15) is 6.54 Å². The second kappa shape index (κ2) is 7.27. The number of aromatic nitrogens is 2. The fraction of sp³-hybridized carbons (Fsp3) is 0.353. The maximum Gasteiger partial charge on any atom is 0.265 e. The number of nitrogens with one attached hydrogen (secondary N) is 2. The van der Waals surface area contributed by atoms with Crippen molar-refractivity contribution in [2.45, 2.75) is 25.6 Å². The summed E-state index contributed by atoms with van der Waals surface area (Å²) in [6.07, 6.45) is 0.874. The van der Waals surface area contributed by atoms with E-state index in [1.54, 1.807) is 0 Å². The minimum absolute atomic E-state index is 0.0624. The standard InChI is InChI=1S/C17H20N4O3/c22-15-6-7-17(24)21(19-15)12-16(23)18-14-8-9-20(11-14)10-13-4-2-1-3-5-13/h1-7,14H,8-12H2,(H,18,23)(H,19,22). The number of aromatic amines is 1. The molecule has 24 heavy (non-hydrogen) atoms. The van der Waals surface area contributed by atoms with Crippen LogP contribution in [0.3, 0.4) is 0 Å². The first-order chi connectivity index (χ1) is 11.6. The van der Waals surface area contributed by atoms with Gasteiger partial charge in [-0.2, -0.15) is 0 Å². The van der Waals surface area contributed by atoms with Crippen LogP contribution in [0.4, 0.5) is 0 Å². The number of nitrogens with zero attached hydrogens (tertiary/aromatic N) is 2. The van der Waals surface area contributed by atoms with Crippen molar-refractivity contribution in [3.8, 4) is 0 Å². The predicted octanol–water partition coefficient (Wildman–Crippen LogP) is -0.0727. The van der Waals surface area contributed by atoms with E-state index in [9.17, 15) is 14.4 Å². The van der Waals surface area contributed by atoms with Crippen molar-refractivity contribution in [2.75, 3.05) is 13.1 Å². The largest absolute Gasteiger partial charge is 0.350 e. The summed E-state index contributed by atoms with van der Waals surface area (Å²) in [5.74, 6) is -0.273. The van der Waals surface area contributed by atoms with Gasteiger partial charge in [0.15, 0.2) is 0 Å². The Hall–Kier alpha value is -2.67. The van der Waals surface area contributed by atoms with E-state index in [1.165, 1.54) is 5.56 Å². The lowest BCUT2D eigenvalue weighted by atomic mass is 10.2. The molecule has 2 aromatic rings. The van der Waals surface area contributed by atoms with Crippen LogP contribution in [0.15, 0.2) is 52.1 Å². The molecule has 1 saturated heterocycles. The third kappa shape index (κ3) is 4.20. The molecule has 0 radical (unpaired) electrons. The first-order valence-electron chi connectivity index (χ1n) is 7.96. The molecule has 0 bridgehead atoms. The monoisotopic (exact) mass is 328 g/mol. The van der Waals surface area contributed by atoms with E-state index < -0.39 is 11.1 Å². The summed E-state index contributed by atoms with van der Waals surface area (Å²) < 4.78 is 1.02. The van der Waals surface area contributed by atoms with E-state index in [4.69, 9.17) is 0 Å². The summed E-state index contributed by atoms with van der Waals surface area (Å²) in [6, 6.07) is 12.6. The first-order valence-corrected chi connectivity index (χ1v) is 7.96.